The lowest BCUT2D eigenvalue weighted by atomic mass is 10.2. The second kappa shape index (κ2) is 6.35. The highest BCUT2D eigenvalue weighted by atomic mass is 19.1. The van der Waals surface area contributed by atoms with E-state index in [0.717, 1.165) is 6.20 Å². The first-order valence-corrected chi connectivity index (χ1v) is 7.67. The maximum absolute atomic E-state index is 13.3. The van der Waals surface area contributed by atoms with Gasteiger partial charge in [-0.25, -0.2) is 14.1 Å². The Morgan fingerprint density at radius 1 is 1.20 bits per heavy atom. The summed E-state index contributed by atoms with van der Waals surface area (Å²) in [4.78, 5) is 28.9. The van der Waals surface area contributed by atoms with E-state index >= 15 is 0 Å². The van der Waals surface area contributed by atoms with Crippen molar-refractivity contribution in [3.63, 3.8) is 0 Å². The Labute approximate surface area is 143 Å². The van der Waals surface area contributed by atoms with Crippen molar-refractivity contribution in [2.75, 3.05) is 5.32 Å². The van der Waals surface area contributed by atoms with Crippen LogP contribution < -0.4 is 10.9 Å². The number of hydrogen-bond donors (Lipinski definition) is 1. The van der Waals surface area contributed by atoms with Crippen LogP contribution >= 0.6 is 0 Å². The van der Waals surface area contributed by atoms with Gasteiger partial charge in [0.2, 0.25) is 0 Å². The molecule has 7 heteroatoms. The largest absolute Gasteiger partial charge is 0.314 e. The van der Waals surface area contributed by atoms with E-state index in [1.165, 1.54) is 10.7 Å². The molecule has 0 atom stereocenters. The summed E-state index contributed by atoms with van der Waals surface area (Å²) >= 11 is 0. The summed E-state index contributed by atoms with van der Waals surface area (Å²) in [6.07, 6.45) is 0.990. The van der Waals surface area contributed by atoms with Gasteiger partial charge in [0.25, 0.3) is 11.5 Å². The molecule has 0 bridgehead atoms. The Morgan fingerprint density at radius 2 is 1.88 bits per heavy atom. The highest BCUT2D eigenvalue weighted by Gasteiger charge is 2.19. The Hall–Kier alpha value is -3.22. The van der Waals surface area contributed by atoms with Crippen molar-refractivity contribution >= 4 is 11.6 Å². The zero-order chi connectivity index (χ0) is 18.1. The minimum Gasteiger partial charge on any atom is -0.314 e. The number of rotatable bonds is 3. The molecule has 25 heavy (non-hydrogen) atoms. The minimum atomic E-state index is -0.561. The topological polar surface area (TPSA) is 68.9 Å². The van der Waals surface area contributed by atoms with Crippen molar-refractivity contribution in [2.45, 2.75) is 13.8 Å². The molecule has 2 heterocycles. The van der Waals surface area contributed by atoms with Crippen LogP contribution in [0.4, 0.5) is 10.1 Å². The molecule has 1 amide bonds. The summed E-state index contributed by atoms with van der Waals surface area (Å²) in [5.74, 6) is -1.05. The lowest BCUT2D eigenvalue weighted by Crippen LogP contribution is -2.23. The molecule has 0 aliphatic heterocycles. The van der Waals surface area contributed by atoms with Crippen molar-refractivity contribution < 1.29 is 9.18 Å². The SMILES string of the molecule is Cc1cc(C(=O)Nc2c(C)n(C)n(-c3ccccc3)c2=O)ncc1F. The van der Waals surface area contributed by atoms with Crippen molar-refractivity contribution in [3.8, 4) is 5.69 Å². The van der Waals surface area contributed by atoms with Gasteiger partial charge in [-0.3, -0.25) is 14.3 Å². The summed E-state index contributed by atoms with van der Waals surface area (Å²) in [6, 6.07) is 10.5. The first-order chi connectivity index (χ1) is 11.9. The number of aromatic nitrogens is 3. The van der Waals surface area contributed by atoms with Crippen LogP contribution in [-0.2, 0) is 7.05 Å². The fraction of sp³-hybridized carbons (Fsp3) is 0.167. The monoisotopic (exact) mass is 340 g/mol. The molecular weight excluding hydrogens is 323 g/mol. The number of amides is 1. The lowest BCUT2D eigenvalue weighted by molar-refractivity contribution is 0.102. The molecule has 128 valence electrons. The molecule has 0 aliphatic carbocycles. The van der Waals surface area contributed by atoms with E-state index < -0.39 is 11.7 Å². The predicted molar refractivity (Wildman–Crippen MR) is 92.6 cm³/mol. The number of aryl methyl sites for hydroxylation is 1. The maximum Gasteiger partial charge on any atom is 0.295 e. The van der Waals surface area contributed by atoms with Crippen molar-refractivity contribution in [3.05, 3.63) is 75.7 Å². The first-order valence-electron chi connectivity index (χ1n) is 7.67. The summed E-state index contributed by atoms with van der Waals surface area (Å²) in [5.41, 5.74) is 1.47. The smallest absolute Gasteiger partial charge is 0.295 e. The third-order valence-corrected chi connectivity index (χ3v) is 4.07. The fourth-order valence-electron chi connectivity index (χ4n) is 2.55. The van der Waals surface area contributed by atoms with E-state index in [1.807, 2.05) is 18.2 Å². The molecule has 1 N–H and O–H groups in total. The molecule has 0 saturated heterocycles. The van der Waals surface area contributed by atoms with E-state index in [1.54, 1.807) is 37.7 Å². The van der Waals surface area contributed by atoms with Crippen molar-refractivity contribution in [2.24, 2.45) is 7.05 Å². The number of nitrogens with zero attached hydrogens (tertiary/aromatic N) is 3. The summed E-state index contributed by atoms with van der Waals surface area (Å²) < 4.78 is 16.4. The molecule has 0 fully saturated rings. The molecule has 2 aromatic heterocycles. The molecule has 6 nitrogen and oxygen atoms in total. The average molecular weight is 340 g/mol. The molecule has 0 aliphatic rings. The number of pyridine rings is 1. The molecular formula is C18H17FN4O2. The maximum atomic E-state index is 13.3. The number of carbonyl (C=O) groups excluding carboxylic acids is 1. The van der Waals surface area contributed by atoms with Crippen LogP contribution in [0.3, 0.4) is 0 Å². The Balaban J connectivity index is 2.00. The van der Waals surface area contributed by atoms with E-state index in [0.29, 0.717) is 16.9 Å². The second-order valence-electron chi connectivity index (χ2n) is 5.71. The van der Waals surface area contributed by atoms with Crippen molar-refractivity contribution in [1.29, 1.82) is 0 Å². The third kappa shape index (κ3) is 2.96. The van der Waals surface area contributed by atoms with Crippen molar-refractivity contribution in [1.82, 2.24) is 14.3 Å². The van der Waals surface area contributed by atoms with Gasteiger partial charge in [0.05, 0.1) is 17.6 Å². The number of para-hydroxylation sites is 1. The van der Waals surface area contributed by atoms with Crippen LogP contribution in [0.5, 0.6) is 0 Å². The second-order valence-corrected chi connectivity index (χ2v) is 5.71. The number of carbonyl (C=O) groups is 1. The van der Waals surface area contributed by atoms with Crippen LogP contribution in [0.15, 0.2) is 47.4 Å². The van der Waals surface area contributed by atoms with Gasteiger partial charge in [-0.1, -0.05) is 18.2 Å². The summed E-state index contributed by atoms with van der Waals surface area (Å²) in [7, 11) is 1.74. The minimum absolute atomic E-state index is 0.0489. The summed E-state index contributed by atoms with van der Waals surface area (Å²) in [6.45, 7) is 3.28. The van der Waals surface area contributed by atoms with Crippen LogP contribution in [0.25, 0.3) is 5.69 Å². The van der Waals surface area contributed by atoms with Gasteiger partial charge in [0.1, 0.15) is 17.2 Å². The Bertz CT molecular complexity index is 1010. The zero-order valence-electron chi connectivity index (χ0n) is 14.1. The van der Waals surface area contributed by atoms with Crippen LogP contribution in [-0.4, -0.2) is 20.3 Å². The summed E-state index contributed by atoms with van der Waals surface area (Å²) in [5, 5.41) is 2.59. The molecule has 1 aromatic carbocycles. The number of nitrogens with one attached hydrogen (secondary N) is 1. The van der Waals surface area contributed by atoms with Crippen LogP contribution in [0, 0.1) is 19.7 Å². The van der Waals surface area contributed by atoms with Gasteiger partial charge in [0, 0.05) is 7.05 Å². The molecule has 0 radical (unpaired) electrons. The quantitative estimate of drug-likeness (QED) is 0.797. The molecule has 0 saturated carbocycles. The number of anilines is 1. The van der Waals surface area contributed by atoms with E-state index in [9.17, 15) is 14.0 Å². The third-order valence-electron chi connectivity index (χ3n) is 4.07. The fourth-order valence-corrected chi connectivity index (χ4v) is 2.55. The van der Waals surface area contributed by atoms with Crippen LogP contribution in [0.2, 0.25) is 0 Å². The highest BCUT2D eigenvalue weighted by molar-refractivity contribution is 6.03. The molecule has 3 rings (SSSR count). The molecule has 0 unspecified atom stereocenters. The number of hydrogen-bond acceptors (Lipinski definition) is 3. The van der Waals surface area contributed by atoms with Gasteiger partial charge in [-0.15, -0.1) is 0 Å². The van der Waals surface area contributed by atoms with Gasteiger partial charge >= 0.3 is 0 Å². The number of halogens is 1. The normalized spacial score (nSPS) is 10.7. The number of benzene rings is 1. The van der Waals surface area contributed by atoms with E-state index in [2.05, 4.69) is 10.3 Å². The highest BCUT2D eigenvalue weighted by Crippen LogP contribution is 2.15. The lowest BCUT2D eigenvalue weighted by Gasteiger charge is -2.07. The van der Waals surface area contributed by atoms with Gasteiger partial charge in [0.15, 0.2) is 0 Å². The average Bonchev–Trinajstić information content (AvgIpc) is 2.81. The molecule has 0 spiro atoms. The standard InChI is InChI=1S/C18H17FN4O2/c1-11-9-15(20-10-14(11)19)17(24)21-16-12(2)22(3)23(18(16)25)13-7-5-4-6-8-13/h4-10H,1-3H3,(H,21,24). The van der Waals surface area contributed by atoms with Gasteiger partial charge in [-0.2, -0.15) is 0 Å². The Morgan fingerprint density at radius 3 is 2.52 bits per heavy atom. The Kier molecular flexibility index (Phi) is 4.22. The van der Waals surface area contributed by atoms with Gasteiger partial charge < -0.3 is 5.32 Å². The van der Waals surface area contributed by atoms with E-state index in [-0.39, 0.29) is 16.9 Å². The molecule has 3 aromatic rings. The zero-order valence-corrected chi connectivity index (χ0v) is 14.1. The van der Waals surface area contributed by atoms with E-state index in [4.69, 9.17) is 0 Å². The van der Waals surface area contributed by atoms with Crippen LogP contribution in [0.1, 0.15) is 21.7 Å². The predicted octanol–water partition coefficient (Wildman–Crippen LogP) is 2.58. The van der Waals surface area contributed by atoms with Gasteiger partial charge in [-0.05, 0) is 37.6 Å². The first kappa shape index (κ1) is 16.6.